The topological polar surface area (TPSA) is 89.4 Å². The van der Waals surface area contributed by atoms with Crippen molar-refractivity contribution in [1.82, 2.24) is 19.7 Å². The number of carbonyl (C=O) groups excluding carboxylic acids is 2. The molecule has 0 spiro atoms. The minimum atomic E-state index is -0.702. The zero-order valence-electron chi connectivity index (χ0n) is 17.5. The van der Waals surface area contributed by atoms with E-state index in [1.807, 2.05) is 46.8 Å². The highest BCUT2D eigenvalue weighted by atomic mass is 32.1. The third-order valence-corrected chi connectivity index (χ3v) is 6.45. The van der Waals surface area contributed by atoms with Crippen LogP contribution in [0.15, 0.2) is 48.1 Å². The summed E-state index contributed by atoms with van der Waals surface area (Å²) >= 11 is 1.38. The molecule has 1 unspecified atom stereocenters. The standard InChI is InChI=1S/C22H25N5O3S/c1-15-20(31-14-23-15)22(29)26-12-9-17(10-13-26)27-18(8-11-24-27)25-21(28)19(30-2)16-6-4-3-5-7-16/h3-8,11,14,17,19H,9-10,12-13H2,1-2H3,(H,25,28). The van der Waals surface area contributed by atoms with Gasteiger partial charge in [-0.25, -0.2) is 9.67 Å². The molecule has 1 atom stereocenters. The molecule has 0 bridgehead atoms. The molecule has 31 heavy (non-hydrogen) atoms. The average Bonchev–Trinajstić information content (AvgIpc) is 3.43. The van der Waals surface area contributed by atoms with Gasteiger partial charge >= 0.3 is 0 Å². The van der Waals surface area contributed by atoms with Gasteiger partial charge in [-0.3, -0.25) is 9.59 Å². The Morgan fingerprint density at radius 1 is 1.19 bits per heavy atom. The molecule has 4 rings (SSSR count). The monoisotopic (exact) mass is 439 g/mol. The van der Waals surface area contributed by atoms with Gasteiger partial charge in [-0.05, 0) is 25.3 Å². The lowest BCUT2D eigenvalue weighted by atomic mass is 10.0. The number of anilines is 1. The van der Waals surface area contributed by atoms with Crippen molar-refractivity contribution in [1.29, 1.82) is 0 Å². The summed E-state index contributed by atoms with van der Waals surface area (Å²) in [6.07, 6.45) is 2.51. The molecule has 1 saturated heterocycles. The van der Waals surface area contributed by atoms with Gasteiger partial charge < -0.3 is 15.0 Å². The molecule has 2 amide bonds. The van der Waals surface area contributed by atoms with Crippen LogP contribution in [-0.2, 0) is 9.53 Å². The van der Waals surface area contributed by atoms with E-state index in [0.29, 0.717) is 23.8 Å². The maximum absolute atomic E-state index is 12.8. The Morgan fingerprint density at radius 3 is 2.58 bits per heavy atom. The zero-order chi connectivity index (χ0) is 21.8. The van der Waals surface area contributed by atoms with E-state index in [4.69, 9.17) is 4.74 Å². The number of hydrogen-bond donors (Lipinski definition) is 1. The maximum atomic E-state index is 12.8. The lowest BCUT2D eigenvalue weighted by Crippen LogP contribution is -2.39. The zero-order valence-corrected chi connectivity index (χ0v) is 18.3. The number of rotatable bonds is 6. The highest BCUT2D eigenvalue weighted by Crippen LogP contribution is 2.28. The number of likely N-dealkylation sites (tertiary alicyclic amines) is 1. The Bertz CT molecular complexity index is 1040. The van der Waals surface area contributed by atoms with Crippen LogP contribution < -0.4 is 5.32 Å². The summed E-state index contributed by atoms with van der Waals surface area (Å²) in [7, 11) is 1.52. The lowest BCUT2D eigenvalue weighted by molar-refractivity contribution is -0.126. The van der Waals surface area contributed by atoms with Crippen molar-refractivity contribution in [3.63, 3.8) is 0 Å². The van der Waals surface area contributed by atoms with E-state index in [2.05, 4.69) is 15.4 Å². The summed E-state index contributed by atoms with van der Waals surface area (Å²) in [6, 6.07) is 11.3. The number of thiazole rings is 1. The summed E-state index contributed by atoms with van der Waals surface area (Å²) in [5, 5.41) is 7.39. The van der Waals surface area contributed by atoms with E-state index in [1.54, 1.807) is 17.8 Å². The fraction of sp³-hybridized carbons (Fsp3) is 0.364. The van der Waals surface area contributed by atoms with Crippen molar-refractivity contribution in [2.24, 2.45) is 0 Å². The predicted molar refractivity (Wildman–Crippen MR) is 118 cm³/mol. The van der Waals surface area contributed by atoms with Crippen molar-refractivity contribution < 1.29 is 14.3 Å². The summed E-state index contributed by atoms with van der Waals surface area (Å²) in [5.41, 5.74) is 3.27. The van der Waals surface area contributed by atoms with Crippen LogP contribution in [0.2, 0.25) is 0 Å². The second-order valence-corrected chi connectivity index (χ2v) is 8.32. The van der Waals surface area contributed by atoms with Gasteiger partial charge in [0, 0.05) is 26.3 Å². The molecule has 8 nitrogen and oxygen atoms in total. The maximum Gasteiger partial charge on any atom is 0.265 e. The van der Waals surface area contributed by atoms with E-state index in [0.717, 1.165) is 24.1 Å². The largest absolute Gasteiger partial charge is 0.367 e. The Hall–Kier alpha value is -3.04. The molecule has 0 saturated carbocycles. The van der Waals surface area contributed by atoms with Crippen LogP contribution in [0.25, 0.3) is 0 Å². The Kier molecular flexibility index (Phi) is 6.43. The van der Waals surface area contributed by atoms with Crippen LogP contribution in [-0.4, -0.2) is 51.7 Å². The van der Waals surface area contributed by atoms with Crippen LogP contribution in [0.5, 0.6) is 0 Å². The molecule has 9 heteroatoms. The number of aromatic nitrogens is 3. The number of hydrogen-bond acceptors (Lipinski definition) is 6. The number of nitrogens with one attached hydrogen (secondary N) is 1. The molecular weight excluding hydrogens is 414 g/mol. The van der Waals surface area contributed by atoms with Gasteiger partial charge in [0.25, 0.3) is 11.8 Å². The van der Waals surface area contributed by atoms with Crippen molar-refractivity contribution in [2.75, 3.05) is 25.5 Å². The van der Waals surface area contributed by atoms with Gasteiger partial charge in [0.15, 0.2) is 6.10 Å². The number of aryl methyl sites for hydroxylation is 1. The van der Waals surface area contributed by atoms with Crippen LogP contribution in [0.4, 0.5) is 5.82 Å². The van der Waals surface area contributed by atoms with E-state index >= 15 is 0 Å². The van der Waals surface area contributed by atoms with E-state index in [9.17, 15) is 9.59 Å². The number of methoxy groups -OCH3 is 1. The Balaban J connectivity index is 1.40. The van der Waals surface area contributed by atoms with E-state index in [-0.39, 0.29) is 17.9 Å². The summed E-state index contributed by atoms with van der Waals surface area (Å²) in [4.78, 5) is 32.3. The van der Waals surface area contributed by atoms with Crippen molar-refractivity contribution in [3.05, 3.63) is 64.2 Å². The molecular formula is C22H25N5O3S. The van der Waals surface area contributed by atoms with Gasteiger partial charge in [-0.2, -0.15) is 5.10 Å². The molecule has 0 aliphatic carbocycles. The minimum Gasteiger partial charge on any atom is -0.367 e. The van der Waals surface area contributed by atoms with E-state index < -0.39 is 6.10 Å². The van der Waals surface area contributed by atoms with Gasteiger partial charge in [-0.15, -0.1) is 11.3 Å². The molecule has 3 heterocycles. The van der Waals surface area contributed by atoms with Gasteiger partial charge in [0.05, 0.1) is 23.4 Å². The number of carbonyl (C=O) groups is 2. The molecule has 162 valence electrons. The molecule has 1 fully saturated rings. The second kappa shape index (κ2) is 9.40. The first-order valence-electron chi connectivity index (χ1n) is 10.2. The first kappa shape index (κ1) is 21.2. The molecule has 3 aromatic rings. The van der Waals surface area contributed by atoms with Gasteiger partial charge in [-0.1, -0.05) is 30.3 Å². The number of amides is 2. The molecule has 2 aromatic heterocycles. The third-order valence-electron chi connectivity index (χ3n) is 5.54. The highest BCUT2D eigenvalue weighted by Gasteiger charge is 2.28. The fourth-order valence-corrected chi connectivity index (χ4v) is 4.65. The smallest absolute Gasteiger partial charge is 0.265 e. The minimum absolute atomic E-state index is 0.0400. The van der Waals surface area contributed by atoms with Gasteiger partial charge in [0.2, 0.25) is 0 Å². The summed E-state index contributed by atoms with van der Waals surface area (Å²) in [5.74, 6) is 0.424. The Labute approximate surface area is 184 Å². The molecule has 1 aromatic carbocycles. The molecule has 1 aliphatic heterocycles. The molecule has 1 N–H and O–H groups in total. The third kappa shape index (κ3) is 4.52. The normalized spacial score (nSPS) is 15.6. The Morgan fingerprint density at radius 2 is 1.94 bits per heavy atom. The average molecular weight is 440 g/mol. The van der Waals surface area contributed by atoms with Crippen LogP contribution in [0.1, 0.15) is 45.9 Å². The first-order valence-corrected chi connectivity index (χ1v) is 11.1. The summed E-state index contributed by atoms with van der Waals surface area (Å²) < 4.78 is 7.27. The number of ether oxygens (including phenoxy) is 1. The quantitative estimate of drug-likeness (QED) is 0.635. The van der Waals surface area contributed by atoms with Crippen molar-refractivity contribution in [3.8, 4) is 0 Å². The molecule has 0 radical (unpaired) electrons. The van der Waals surface area contributed by atoms with E-state index in [1.165, 1.54) is 18.4 Å². The highest BCUT2D eigenvalue weighted by molar-refractivity contribution is 7.11. The predicted octanol–water partition coefficient (Wildman–Crippen LogP) is 3.45. The van der Waals surface area contributed by atoms with Crippen LogP contribution >= 0.6 is 11.3 Å². The summed E-state index contributed by atoms with van der Waals surface area (Å²) in [6.45, 7) is 3.13. The van der Waals surface area contributed by atoms with Crippen molar-refractivity contribution >= 4 is 29.0 Å². The SMILES string of the molecule is COC(C(=O)Nc1ccnn1C1CCN(C(=O)c2scnc2C)CC1)c1ccccc1. The first-order chi connectivity index (χ1) is 15.1. The second-order valence-electron chi connectivity index (χ2n) is 7.47. The van der Waals surface area contributed by atoms with Crippen molar-refractivity contribution in [2.45, 2.75) is 31.9 Å². The number of piperidine rings is 1. The van der Waals surface area contributed by atoms with Crippen LogP contribution in [0, 0.1) is 6.92 Å². The lowest BCUT2D eigenvalue weighted by Gasteiger charge is -2.32. The fourth-order valence-electron chi connectivity index (χ4n) is 3.88. The van der Waals surface area contributed by atoms with Crippen LogP contribution in [0.3, 0.4) is 0 Å². The number of benzene rings is 1. The number of nitrogens with zero attached hydrogens (tertiary/aromatic N) is 4. The van der Waals surface area contributed by atoms with Gasteiger partial charge in [0.1, 0.15) is 10.7 Å². The molecule has 1 aliphatic rings.